The van der Waals surface area contributed by atoms with Gasteiger partial charge in [-0.2, -0.15) is 8.42 Å². The first-order chi connectivity index (χ1) is 12.6. The van der Waals surface area contributed by atoms with Crippen molar-refractivity contribution in [1.82, 2.24) is 0 Å². The fraction of sp³-hybridized carbons (Fsp3) is 0.500. The van der Waals surface area contributed by atoms with E-state index in [0.717, 1.165) is 0 Å². The molecule has 0 unspecified atom stereocenters. The average molecular weight is 425 g/mol. The van der Waals surface area contributed by atoms with Gasteiger partial charge in [-0.15, -0.1) is 0 Å². The minimum absolute atomic E-state index is 0.00742. The molecule has 0 aromatic heterocycles. The summed E-state index contributed by atoms with van der Waals surface area (Å²) in [4.78, 5) is 0. The lowest BCUT2D eigenvalue weighted by Crippen LogP contribution is -2.57. The highest BCUT2D eigenvalue weighted by Crippen LogP contribution is 2.30. The number of phenolic OH excluding ortho intramolecular Hbond substituents is 1. The lowest BCUT2D eigenvalue weighted by atomic mass is 10.0. The SMILES string of the molecule is O=S(=O)(O)O/N=C(\Cc1ccc(O)cc1)S[C@@H]1O[C@H](CO)[C@@H](O)[C@H](O)[C@H]1O. The number of hydrogen-bond acceptors (Lipinski definition) is 11. The lowest BCUT2D eigenvalue weighted by Gasteiger charge is -2.39. The molecule has 2 rings (SSSR count). The van der Waals surface area contributed by atoms with Crippen LogP contribution >= 0.6 is 11.8 Å². The molecule has 152 valence electrons. The fourth-order valence-electron chi connectivity index (χ4n) is 2.27. The zero-order valence-electron chi connectivity index (χ0n) is 13.7. The number of aliphatic hydroxyl groups excluding tert-OH is 4. The Morgan fingerprint density at radius 3 is 2.33 bits per heavy atom. The molecule has 1 fully saturated rings. The molecule has 1 aliphatic rings. The van der Waals surface area contributed by atoms with Gasteiger partial charge in [-0.25, -0.2) is 4.28 Å². The summed E-state index contributed by atoms with van der Waals surface area (Å²) in [5.74, 6) is 0.00742. The van der Waals surface area contributed by atoms with Crippen LogP contribution in [-0.4, -0.2) is 80.0 Å². The minimum atomic E-state index is -4.88. The van der Waals surface area contributed by atoms with Gasteiger partial charge in [0.1, 0.15) is 40.6 Å². The first kappa shape index (κ1) is 21.8. The van der Waals surface area contributed by atoms with E-state index in [0.29, 0.717) is 17.3 Å². The van der Waals surface area contributed by atoms with Gasteiger partial charge in [-0.05, 0) is 17.7 Å². The Bertz CT molecular complexity index is 752. The predicted octanol–water partition coefficient (Wildman–Crippen LogP) is -1.40. The molecule has 5 atom stereocenters. The molecular formula is C14H19NO10S2. The standard InChI is InChI=1S/C14H19NO10S2/c16-6-9-11(18)12(19)13(20)14(24-9)26-10(15-25-27(21,22)23)5-7-1-3-8(17)4-2-7/h1-4,9,11-14,16-20H,5-6H2,(H,21,22,23)/b15-10+/t9-,11-,12+,13-,14+/m1/s1. The Kier molecular flexibility index (Phi) is 7.41. The molecule has 1 saturated heterocycles. The van der Waals surface area contributed by atoms with E-state index < -0.39 is 46.9 Å². The van der Waals surface area contributed by atoms with E-state index in [9.17, 15) is 34.0 Å². The van der Waals surface area contributed by atoms with Crippen molar-refractivity contribution in [2.24, 2.45) is 5.16 Å². The Balaban J connectivity index is 2.20. The van der Waals surface area contributed by atoms with Gasteiger partial charge in [-0.3, -0.25) is 4.55 Å². The van der Waals surface area contributed by atoms with Gasteiger partial charge in [-0.1, -0.05) is 29.1 Å². The van der Waals surface area contributed by atoms with Crippen LogP contribution in [-0.2, 0) is 25.8 Å². The highest BCUT2D eigenvalue weighted by molar-refractivity contribution is 8.14. The molecule has 0 bridgehead atoms. The predicted molar refractivity (Wildman–Crippen MR) is 93.2 cm³/mol. The molecule has 1 aliphatic heterocycles. The molecule has 0 saturated carbocycles. The van der Waals surface area contributed by atoms with E-state index in [1.807, 2.05) is 0 Å². The maximum absolute atomic E-state index is 10.8. The lowest BCUT2D eigenvalue weighted by molar-refractivity contribution is -0.205. The zero-order valence-corrected chi connectivity index (χ0v) is 15.3. The van der Waals surface area contributed by atoms with Crippen LogP contribution in [0, 0.1) is 0 Å². The van der Waals surface area contributed by atoms with E-state index in [4.69, 9.17) is 9.29 Å². The van der Waals surface area contributed by atoms with Crippen LogP contribution in [0.25, 0.3) is 0 Å². The molecule has 1 heterocycles. The molecule has 13 heteroatoms. The third kappa shape index (κ3) is 6.29. The van der Waals surface area contributed by atoms with E-state index in [1.165, 1.54) is 24.3 Å². The van der Waals surface area contributed by atoms with Crippen LogP contribution in [0.2, 0.25) is 0 Å². The Morgan fingerprint density at radius 2 is 1.78 bits per heavy atom. The largest absolute Gasteiger partial charge is 0.508 e. The van der Waals surface area contributed by atoms with E-state index in [-0.39, 0.29) is 17.2 Å². The second kappa shape index (κ2) is 9.16. The van der Waals surface area contributed by atoms with E-state index in [2.05, 4.69) is 9.44 Å². The third-order valence-electron chi connectivity index (χ3n) is 3.63. The molecule has 1 aromatic carbocycles. The van der Waals surface area contributed by atoms with Crippen molar-refractivity contribution in [2.75, 3.05) is 6.61 Å². The number of phenols is 1. The first-order valence-corrected chi connectivity index (χ1v) is 9.83. The number of hydrogen-bond donors (Lipinski definition) is 6. The fourth-order valence-corrected chi connectivity index (χ4v) is 3.60. The van der Waals surface area contributed by atoms with Crippen LogP contribution in [0.3, 0.4) is 0 Å². The van der Waals surface area contributed by atoms with Gasteiger partial charge in [0.25, 0.3) is 0 Å². The quantitative estimate of drug-likeness (QED) is 0.136. The number of nitrogens with zero attached hydrogens (tertiary/aromatic N) is 1. The Morgan fingerprint density at radius 1 is 1.15 bits per heavy atom. The number of rotatable bonds is 6. The molecule has 1 aromatic rings. The Labute approximate surface area is 158 Å². The highest BCUT2D eigenvalue weighted by Gasteiger charge is 2.44. The van der Waals surface area contributed by atoms with Crippen molar-refractivity contribution in [1.29, 1.82) is 0 Å². The number of aliphatic hydroxyl groups is 4. The highest BCUT2D eigenvalue weighted by atomic mass is 32.3. The van der Waals surface area contributed by atoms with Crippen molar-refractivity contribution in [3.8, 4) is 5.75 Å². The molecule has 0 radical (unpaired) electrons. The van der Waals surface area contributed by atoms with E-state index in [1.54, 1.807) is 0 Å². The summed E-state index contributed by atoms with van der Waals surface area (Å²) in [6, 6.07) is 5.81. The topological polar surface area (TPSA) is 186 Å². The summed E-state index contributed by atoms with van der Waals surface area (Å²) < 4.78 is 39.6. The monoisotopic (exact) mass is 425 g/mol. The van der Waals surface area contributed by atoms with Crippen LogP contribution < -0.4 is 0 Å². The van der Waals surface area contributed by atoms with Crippen molar-refractivity contribution in [3.63, 3.8) is 0 Å². The molecule has 6 N–H and O–H groups in total. The molecule has 0 amide bonds. The van der Waals surface area contributed by atoms with E-state index >= 15 is 0 Å². The normalized spacial score (nSPS) is 29.5. The van der Waals surface area contributed by atoms with Crippen molar-refractivity contribution in [3.05, 3.63) is 29.8 Å². The maximum Gasteiger partial charge on any atom is 0.466 e. The zero-order chi connectivity index (χ0) is 20.2. The number of oxime groups is 1. The summed E-state index contributed by atoms with van der Waals surface area (Å²) >= 11 is 0.671. The second-order valence-corrected chi connectivity index (χ2v) is 7.82. The van der Waals surface area contributed by atoms with Crippen LogP contribution in [0.15, 0.2) is 29.4 Å². The van der Waals surface area contributed by atoms with Crippen molar-refractivity contribution in [2.45, 2.75) is 36.3 Å². The minimum Gasteiger partial charge on any atom is -0.508 e. The molecule has 0 spiro atoms. The third-order valence-corrected chi connectivity index (χ3v) is 5.00. The van der Waals surface area contributed by atoms with Gasteiger partial charge in [0, 0.05) is 6.42 Å². The smallest absolute Gasteiger partial charge is 0.466 e. The number of benzene rings is 1. The summed E-state index contributed by atoms with van der Waals surface area (Å²) in [6.07, 6.45) is -5.93. The molecule has 0 aliphatic carbocycles. The Hall–Kier alpha value is -1.45. The average Bonchev–Trinajstić information content (AvgIpc) is 2.61. The first-order valence-electron chi connectivity index (χ1n) is 7.58. The van der Waals surface area contributed by atoms with Gasteiger partial charge >= 0.3 is 10.4 Å². The van der Waals surface area contributed by atoms with Crippen LogP contribution in [0.1, 0.15) is 5.56 Å². The van der Waals surface area contributed by atoms with Gasteiger partial charge in [0.2, 0.25) is 0 Å². The number of ether oxygens (including phenoxy) is 1. The second-order valence-electron chi connectivity index (χ2n) is 5.65. The van der Waals surface area contributed by atoms with Crippen LogP contribution in [0.4, 0.5) is 0 Å². The van der Waals surface area contributed by atoms with Crippen molar-refractivity contribution < 1.29 is 47.5 Å². The number of thioether (sulfide) groups is 1. The maximum atomic E-state index is 10.8. The van der Waals surface area contributed by atoms with Gasteiger partial charge in [0.05, 0.1) is 6.61 Å². The van der Waals surface area contributed by atoms with Gasteiger partial charge in [0.15, 0.2) is 0 Å². The molecule has 11 nitrogen and oxygen atoms in total. The summed E-state index contributed by atoms with van der Waals surface area (Å²) in [6.45, 7) is -0.631. The molecular weight excluding hydrogens is 406 g/mol. The summed E-state index contributed by atoms with van der Waals surface area (Å²) in [7, 11) is -4.88. The molecule has 27 heavy (non-hydrogen) atoms. The summed E-state index contributed by atoms with van der Waals surface area (Å²) in [5, 5.41) is 51.4. The van der Waals surface area contributed by atoms with Crippen LogP contribution in [0.5, 0.6) is 5.75 Å². The summed E-state index contributed by atoms with van der Waals surface area (Å²) in [5.41, 5.74) is -0.649. The number of aromatic hydroxyl groups is 1. The van der Waals surface area contributed by atoms with Crippen molar-refractivity contribution >= 4 is 27.2 Å². The van der Waals surface area contributed by atoms with Gasteiger partial charge < -0.3 is 30.3 Å².